The number of carbonyl (C=O) groups excluding carboxylic acids is 1. The van der Waals surface area contributed by atoms with Crippen LogP contribution in [0.4, 0.5) is 0 Å². The molecular weight excluding hydrogens is 306 g/mol. The Morgan fingerprint density at radius 3 is 2.67 bits per heavy atom. The van der Waals surface area contributed by atoms with Gasteiger partial charge in [-0.05, 0) is 6.42 Å². The molecule has 0 bridgehead atoms. The number of likely N-dealkylation sites (N-methyl/N-ethyl adjacent to an activating group) is 1. The maximum atomic E-state index is 11.7. The number of aliphatic imine (C=N–C) groups is 1. The van der Waals surface area contributed by atoms with E-state index in [1.807, 2.05) is 4.57 Å². The van der Waals surface area contributed by atoms with Gasteiger partial charge in [-0.3, -0.25) is 4.79 Å². The minimum Gasteiger partial charge on any atom is -0.356 e. The second-order valence-corrected chi connectivity index (χ2v) is 5.81. The molecule has 1 aromatic heterocycles. The molecule has 1 rings (SSSR count). The van der Waals surface area contributed by atoms with Crippen molar-refractivity contribution in [1.82, 2.24) is 30.3 Å². The van der Waals surface area contributed by atoms with Crippen LogP contribution in [-0.2, 0) is 17.8 Å². The number of hydrogen-bond acceptors (Lipinski definition) is 4. The molecule has 0 aliphatic heterocycles. The summed E-state index contributed by atoms with van der Waals surface area (Å²) in [6, 6.07) is 0. The first-order valence-corrected chi connectivity index (χ1v) is 8.67. The molecule has 0 unspecified atom stereocenters. The Morgan fingerprint density at radius 1 is 1.25 bits per heavy atom. The summed E-state index contributed by atoms with van der Waals surface area (Å²) in [5, 5.41) is 14.6. The standard InChI is InChI=1S/C16H31N7O/c1-5-7-8-9-17-16(19-12-15(24)22(3)4)18-10-11-23-13-20-21-14(23)6-2/h13H,5-12H2,1-4H3,(H2,17,18,19). The number of carbonyl (C=O) groups is 1. The molecule has 0 saturated heterocycles. The summed E-state index contributed by atoms with van der Waals surface area (Å²) in [4.78, 5) is 17.6. The van der Waals surface area contributed by atoms with Gasteiger partial charge in [-0.1, -0.05) is 26.7 Å². The molecular formula is C16H31N7O. The third-order valence-corrected chi connectivity index (χ3v) is 3.60. The first-order chi connectivity index (χ1) is 11.6. The van der Waals surface area contributed by atoms with Crippen LogP contribution in [-0.4, -0.2) is 65.3 Å². The topological polar surface area (TPSA) is 87.4 Å². The Morgan fingerprint density at radius 2 is 2.00 bits per heavy atom. The molecule has 0 spiro atoms. The normalized spacial score (nSPS) is 11.4. The number of aryl methyl sites for hydroxylation is 1. The van der Waals surface area contributed by atoms with Crippen molar-refractivity contribution >= 4 is 11.9 Å². The van der Waals surface area contributed by atoms with Crippen LogP contribution in [0.15, 0.2) is 11.3 Å². The van der Waals surface area contributed by atoms with Crippen LogP contribution in [0, 0.1) is 0 Å². The minimum absolute atomic E-state index is 0.0169. The summed E-state index contributed by atoms with van der Waals surface area (Å²) in [7, 11) is 3.47. The van der Waals surface area contributed by atoms with Crippen molar-refractivity contribution in [2.45, 2.75) is 46.1 Å². The van der Waals surface area contributed by atoms with Crippen LogP contribution in [0.3, 0.4) is 0 Å². The smallest absolute Gasteiger partial charge is 0.243 e. The van der Waals surface area contributed by atoms with E-state index in [9.17, 15) is 4.79 Å². The van der Waals surface area contributed by atoms with Gasteiger partial charge in [-0.15, -0.1) is 10.2 Å². The van der Waals surface area contributed by atoms with Crippen LogP contribution in [0.1, 0.15) is 38.9 Å². The third kappa shape index (κ3) is 7.43. The molecule has 0 saturated carbocycles. The van der Waals surface area contributed by atoms with Crippen LogP contribution in [0.25, 0.3) is 0 Å². The Kier molecular flexibility index (Phi) is 9.48. The molecule has 0 atom stereocenters. The van der Waals surface area contributed by atoms with E-state index in [4.69, 9.17) is 0 Å². The summed E-state index contributed by atoms with van der Waals surface area (Å²) in [6.45, 7) is 6.68. The highest BCUT2D eigenvalue weighted by Crippen LogP contribution is 1.95. The Hall–Kier alpha value is -2.12. The summed E-state index contributed by atoms with van der Waals surface area (Å²) < 4.78 is 2.02. The van der Waals surface area contributed by atoms with Crippen molar-refractivity contribution in [2.24, 2.45) is 4.99 Å². The average Bonchev–Trinajstić information content (AvgIpc) is 3.02. The van der Waals surface area contributed by atoms with Gasteiger partial charge in [0, 0.05) is 40.2 Å². The number of nitrogens with zero attached hydrogens (tertiary/aromatic N) is 5. The van der Waals surface area contributed by atoms with Crippen molar-refractivity contribution in [2.75, 3.05) is 33.7 Å². The van der Waals surface area contributed by atoms with Crippen LogP contribution >= 0.6 is 0 Å². The molecule has 8 nitrogen and oxygen atoms in total. The lowest BCUT2D eigenvalue weighted by Gasteiger charge is -2.14. The van der Waals surface area contributed by atoms with Crippen LogP contribution < -0.4 is 10.6 Å². The number of guanidine groups is 1. The summed E-state index contributed by atoms with van der Waals surface area (Å²) >= 11 is 0. The highest BCUT2D eigenvalue weighted by molar-refractivity contribution is 5.84. The van der Waals surface area contributed by atoms with Gasteiger partial charge in [0.05, 0.1) is 0 Å². The molecule has 136 valence electrons. The maximum Gasteiger partial charge on any atom is 0.243 e. The predicted octanol–water partition coefficient (Wildman–Crippen LogP) is 0.654. The highest BCUT2D eigenvalue weighted by atomic mass is 16.2. The van der Waals surface area contributed by atoms with E-state index in [-0.39, 0.29) is 12.5 Å². The molecule has 0 fully saturated rings. The van der Waals surface area contributed by atoms with Crippen molar-refractivity contribution < 1.29 is 4.79 Å². The second-order valence-electron chi connectivity index (χ2n) is 5.81. The Bertz CT molecular complexity index is 510. The molecule has 0 aliphatic rings. The Balaban J connectivity index is 2.50. The van der Waals surface area contributed by atoms with Gasteiger partial charge in [0.15, 0.2) is 5.96 Å². The fourth-order valence-electron chi connectivity index (χ4n) is 2.08. The third-order valence-electron chi connectivity index (χ3n) is 3.60. The van der Waals surface area contributed by atoms with E-state index in [1.54, 1.807) is 25.3 Å². The van der Waals surface area contributed by atoms with Crippen LogP contribution in [0.2, 0.25) is 0 Å². The Labute approximate surface area is 144 Å². The molecule has 2 N–H and O–H groups in total. The van der Waals surface area contributed by atoms with Gasteiger partial charge in [0.2, 0.25) is 5.91 Å². The molecule has 1 heterocycles. The van der Waals surface area contributed by atoms with E-state index < -0.39 is 0 Å². The minimum atomic E-state index is -0.0169. The fourth-order valence-corrected chi connectivity index (χ4v) is 2.08. The van der Waals surface area contributed by atoms with Gasteiger partial charge < -0.3 is 20.1 Å². The zero-order valence-corrected chi connectivity index (χ0v) is 15.4. The number of nitrogens with one attached hydrogen (secondary N) is 2. The number of aromatic nitrogens is 3. The van der Waals surface area contributed by atoms with E-state index in [1.165, 1.54) is 12.8 Å². The second kappa shape index (κ2) is 11.4. The van der Waals surface area contributed by atoms with Crippen molar-refractivity contribution in [3.05, 3.63) is 12.2 Å². The first kappa shape index (κ1) is 19.9. The largest absolute Gasteiger partial charge is 0.356 e. The zero-order chi connectivity index (χ0) is 17.8. The zero-order valence-electron chi connectivity index (χ0n) is 15.4. The maximum absolute atomic E-state index is 11.7. The van der Waals surface area contributed by atoms with Crippen molar-refractivity contribution in [3.63, 3.8) is 0 Å². The predicted molar refractivity (Wildman–Crippen MR) is 95.9 cm³/mol. The van der Waals surface area contributed by atoms with Crippen molar-refractivity contribution in [3.8, 4) is 0 Å². The number of hydrogen-bond donors (Lipinski definition) is 2. The lowest BCUT2D eigenvalue weighted by molar-refractivity contribution is -0.127. The molecule has 0 radical (unpaired) electrons. The summed E-state index contributed by atoms with van der Waals surface area (Å²) in [5.41, 5.74) is 0. The molecule has 1 amide bonds. The summed E-state index contributed by atoms with van der Waals surface area (Å²) in [6.07, 6.45) is 6.03. The molecule has 8 heteroatoms. The van der Waals surface area contributed by atoms with E-state index in [2.05, 4.69) is 39.7 Å². The van der Waals surface area contributed by atoms with E-state index in [0.717, 1.165) is 31.8 Å². The summed E-state index contributed by atoms with van der Waals surface area (Å²) in [5.74, 6) is 1.62. The van der Waals surface area contributed by atoms with Gasteiger partial charge in [0.25, 0.3) is 0 Å². The van der Waals surface area contributed by atoms with Gasteiger partial charge in [0.1, 0.15) is 18.7 Å². The average molecular weight is 337 g/mol. The van der Waals surface area contributed by atoms with Gasteiger partial charge in [-0.25, -0.2) is 4.99 Å². The van der Waals surface area contributed by atoms with E-state index >= 15 is 0 Å². The van der Waals surface area contributed by atoms with Gasteiger partial charge >= 0.3 is 0 Å². The van der Waals surface area contributed by atoms with Gasteiger partial charge in [-0.2, -0.15) is 0 Å². The van der Waals surface area contributed by atoms with E-state index in [0.29, 0.717) is 12.5 Å². The first-order valence-electron chi connectivity index (χ1n) is 8.67. The SMILES string of the molecule is CCCCCNC(=NCC(=O)N(C)C)NCCn1cnnc1CC. The monoisotopic (exact) mass is 337 g/mol. The number of unbranched alkanes of at least 4 members (excludes halogenated alkanes) is 2. The molecule has 24 heavy (non-hydrogen) atoms. The highest BCUT2D eigenvalue weighted by Gasteiger charge is 2.05. The number of amides is 1. The quantitative estimate of drug-likeness (QED) is 0.372. The number of rotatable bonds is 10. The lowest BCUT2D eigenvalue weighted by Crippen LogP contribution is -2.40. The molecule has 0 aromatic carbocycles. The van der Waals surface area contributed by atoms with Crippen molar-refractivity contribution in [1.29, 1.82) is 0 Å². The molecule has 1 aromatic rings. The fraction of sp³-hybridized carbons (Fsp3) is 0.750. The lowest BCUT2D eigenvalue weighted by atomic mass is 10.2. The molecule has 0 aliphatic carbocycles. The van der Waals surface area contributed by atoms with Crippen LogP contribution in [0.5, 0.6) is 0 Å².